The zero-order valence-electron chi connectivity index (χ0n) is 18.3. The molecule has 11 heteroatoms. The van der Waals surface area contributed by atoms with Crippen molar-refractivity contribution in [2.24, 2.45) is 5.92 Å². The van der Waals surface area contributed by atoms with E-state index in [0.29, 0.717) is 42.7 Å². The molecular weight excluding hydrogens is 487 g/mol. The Hall–Kier alpha value is -2.95. The number of aromatic nitrogens is 2. The molecule has 5 rings (SSSR count). The number of amides is 1. The first kappa shape index (κ1) is 23.8. The number of hydrogen-bond acceptors (Lipinski definition) is 6. The van der Waals surface area contributed by atoms with Crippen LogP contribution in [0.2, 0.25) is 5.02 Å². The van der Waals surface area contributed by atoms with Gasteiger partial charge in [-0.1, -0.05) is 17.7 Å². The number of ether oxygens (including phenoxy) is 1. The summed E-state index contributed by atoms with van der Waals surface area (Å²) >= 11 is 6.02. The van der Waals surface area contributed by atoms with Gasteiger partial charge in [0.15, 0.2) is 0 Å². The number of aliphatic hydroxyl groups excluding tert-OH is 1. The third kappa shape index (κ3) is 4.65. The largest absolute Gasteiger partial charge is 0.415 e. The Morgan fingerprint density at radius 1 is 1.11 bits per heavy atom. The van der Waals surface area contributed by atoms with Crippen LogP contribution >= 0.6 is 11.6 Å². The first-order valence-corrected chi connectivity index (χ1v) is 11.5. The Bertz CT molecular complexity index is 1230. The van der Waals surface area contributed by atoms with Crippen molar-refractivity contribution in [3.05, 3.63) is 69.8 Å². The lowest BCUT2D eigenvalue weighted by Gasteiger charge is -2.39. The van der Waals surface area contributed by atoms with Gasteiger partial charge in [0.25, 0.3) is 11.8 Å². The first-order chi connectivity index (χ1) is 16.8. The topological polar surface area (TPSA) is 88.7 Å². The number of halogens is 4. The summed E-state index contributed by atoms with van der Waals surface area (Å²) in [4.78, 5) is 15.1. The van der Waals surface area contributed by atoms with E-state index >= 15 is 0 Å². The maximum absolute atomic E-state index is 14.1. The highest BCUT2D eigenvalue weighted by Crippen LogP contribution is 2.38. The van der Waals surface area contributed by atoms with Gasteiger partial charge in [-0.3, -0.25) is 4.79 Å². The molecule has 0 bridgehead atoms. The second-order valence-corrected chi connectivity index (χ2v) is 9.08. The highest BCUT2D eigenvalue weighted by atomic mass is 35.5. The van der Waals surface area contributed by atoms with Crippen molar-refractivity contribution in [2.75, 3.05) is 13.2 Å². The van der Waals surface area contributed by atoms with E-state index in [4.69, 9.17) is 20.8 Å². The van der Waals surface area contributed by atoms with Crippen LogP contribution in [-0.2, 0) is 11.3 Å². The van der Waals surface area contributed by atoms with E-state index in [1.165, 1.54) is 18.2 Å². The molecular formula is C24H21ClF3N3O4. The lowest BCUT2D eigenvalue weighted by molar-refractivity contribution is -0.0214. The number of carbonyl (C=O) groups is 1. The van der Waals surface area contributed by atoms with Crippen LogP contribution in [0, 0.1) is 11.7 Å². The van der Waals surface area contributed by atoms with Gasteiger partial charge < -0.3 is 19.2 Å². The Morgan fingerprint density at radius 2 is 1.89 bits per heavy atom. The molecule has 0 spiro atoms. The van der Waals surface area contributed by atoms with Gasteiger partial charge in [0.05, 0.1) is 12.1 Å². The molecule has 35 heavy (non-hydrogen) atoms. The van der Waals surface area contributed by atoms with Gasteiger partial charge in [-0.25, -0.2) is 4.39 Å². The zero-order chi connectivity index (χ0) is 24.7. The number of rotatable bonds is 6. The fourth-order valence-electron chi connectivity index (χ4n) is 4.82. The zero-order valence-corrected chi connectivity index (χ0v) is 19.1. The van der Waals surface area contributed by atoms with Crippen molar-refractivity contribution in [1.82, 2.24) is 15.1 Å². The number of nitrogens with zero attached hydrogens (tertiary/aromatic N) is 3. The van der Waals surface area contributed by atoms with E-state index < -0.39 is 30.3 Å². The van der Waals surface area contributed by atoms with E-state index in [1.807, 2.05) is 0 Å². The molecule has 3 aromatic rings. The SMILES string of the molecule is O=C1c2cc(-c3nnc(C(F)F)o3)ccc2CN1[C@H](C1CCOCC1)[C@@H](O)c1cc(F)cc(Cl)c1. The summed E-state index contributed by atoms with van der Waals surface area (Å²) in [6.45, 7) is 1.20. The van der Waals surface area contributed by atoms with Crippen LogP contribution in [0.15, 0.2) is 40.8 Å². The van der Waals surface area contributed by atoms with E-state index in [9.17, 15) is 23.1 Å². The predicted molar refractivity (Wildman–Crippen MR) is 118 cm³/mol. The fourth-order valence-corrected chi connectivity index (χ4v) is 5.05. The molecule has 2 atom stereocenters. The molecule has 0 saturated carbocycles. The normalized spacial score (nSPS) is 18.2. The summed E-state index contributed by atoms with van der Waals surface area (Å²) in [6, 6.07) is 8.03. The molecule has 0 radical (unpaired) electrons. The molecule has 3 heterocycles. The fraction of sp³-hybridized carbons (Fsp3) is 0.375. The van der Waals surface area contributed by atoms with Gasteiger partial charge >= 0.3 is 6.43 Å². The van der Waals surface area contributed by atoms with E-state index in [2.05, 4.69) is 10.2 Å². The van der Waals surface area contributed by atoms with Gasteiger partial charge in [-0.15, -0.1) is 10.2 Å². The second-order valence-electron chi connectivity index (χ2n) is 8.64. The minimum atomic E-state index is -2.90. The number of benzene rings is 2. The average Bonchev–Trinajstić information content (AvgIpc) is 3.45. The summed E-state index contributed by atoms with van der Waals surface area (Å²) in [5.41, 5.74) is 1.66. The van der Waals surface area contributed by atoms with Gasteiger partial charge in [-0.05, 0) is 60.2 Å². The monoisotopic (exact) mass is 507 g/mol. The molecule has 1 saturated heterocycles. The smallest absolute Gasteiger partial charge is 0.314 e. The van der Waals surface area contributed by atoms with E-state index in [1.54, 1.807) is 17.0 Å². The molecule has 1 amide bonds. The van der Waals surface area contributed by atoms with Crippen molar-refractivity contribution in [3.8, 4) is 11.5 Å². The Labute approximate surface area is 203 Å². The van der Waals surface area contributed by atoms with Crippen molar-refractivity contribution < 1.29 is 32.2 Å². The molecule has 2 aromatic carbocycles. The van der Waals surface area contributed by atoms with Gasteiger partial charge in [-0.2, -0.15) is 8.78 Å². The van der Waals surface area contributed by atoms with Crippen LogP contribution in [0.25, 0.3) is 11.5 Å². The minimum absolute atomic E-state index is 0.0944. The number of aliphatic hydroxyl groups is 1. The summed E-state index contributed by atoms with van der Waals surface area (Å²) in [5, 5.41) is 18.5. The van der Waals surface area contributed by atoms with E-state index in [0.717, 1.165) is 6.07 Å². The highest BCUT2D eigenvalue weighted by molar-refractivity contribution is 6.30. The number of alkyl halides is 2. The van der Waals surface area contributed by atoms with Gasteiger partial charge in [0.2, 0.25) is 5.89 Å². The third-order valence-corrected chi connectivity index (χ3v) is 6.69. The van der Waals surface area contributed by atoms with Crippen molar-refractivity contribution in [1.29, 1.82) is 0 Å². The van der Waals surface area contributed by atoms with Crippen molar-refractivity contribution in [3.63, 3.8) is 0 Å². The standard InChI is InChI=1S/C24H21ClF3N3O4/c25-16-7-15(8-17(26)10-16)20(32)19(12-3-5-34-6-4-12)31-11-14-2-1-13(9-18(14)24(31)33)22-29-30-23(35-22)21(27)28/h1-2,7-10,12,19-21,32H,3-6,11H2/t19-,20+/m1/s1. The summed E-state index contributed by atoms with van der Waals surface area (Å²) < 4.78 is 50.2. The summed E-state index contributed by atoms with van der Waals surface area (Å²) in [7, 11) is 0. The van der Waals surface area contributed by atoms with Crippen LogP contribution in [-0.4, -0.2) is 45.4 Å². The lowest BCUT2D eigenvalue weighted by Crippen LogP contribution is -2.46. The molecule has 1 N–H and O–H groups in total. The van der Waals surface area contributed by atoms with Crippen LogP contribution < -0.4 is 0 Å². The van der Waals surface area contributed by atoms with Crippen LogP contribution in [0.1, 0.15) is 52.7 Å². The maximum atomic E-state index is 14.1. The number of carbonyl (C=O) groups excluding carboxylic acids is 1. The van der Waals surface area contributed by atoms with Gasteiger partial charge in [0.1, 0.15) is 5.82 Å². The summed E-state index contributed by atoms with van der Waals surface area (Å²) in [6.07, 6.45) is -2.85. The first-order valence-electron chi connectivity index (χ1n) is 11.1. The quantitative estimate of drug-likeness (QED) is 0.508. The molecule has 2 aliphatic rings. The highest BCUT2D eigenvalue weighted by Gasteiger charge is 2.42. The molecule has 184 valence electrons. The molecule has 7 nitrogen and oxygen atoms in total. The average molecular weight is 508 g/mol. The molecule has 1 aromatic heterocycles. The minimum Gasteiger partial charge on any atom is -0.415 e. The second kappa shape index (κ2) is 9.60. The molecule has 0 unspecified atom stereocenters. The van der Waals surface area contributed by atoms with Crippen molar-refractivity contribution in [2.45, 2.75) is 38.0 Å². The predicted octanol–water partition coefficient (Wildman–Crippen LogP) is 4.95. The van der Waals surface area contributed by atoms with Crippen LogP contribution in [0.5, 0.6) is 0 Å². The third-order valence-electron chi connectivity index (χ3n) is 6.47. The number of hydrogen-bond donors (Lipinski definition) is 1. The van der Waals surface area contributed by atoms with Crippen LogP contribution in [0.3, 0.4) is 0 Å². The maximum Gasteiger partial charge on any atom is 0.314 e. The van der Waals surface area contributed by atoms with E-state index in [-0.39, 0.29) is 34.8 Å². The summed E-state index contributed by atoms with van der Waals surface area (Å²) in [5.74, 6) is -1.94. The lowest BCUT2D eigenvalue weighted by atomic mass is 9.84. The Morgan fingerprint density at radius 3 is 2.57 bits per heavy atom. The Balaban J connectivity index is 1.48. The Kier molecular flexibility index (Phi) is 6.52. The molecule has 1 fully saturated rings. The molecule has 2 aliphatic heterocycles. The van der Waals surface area contributed by atoms with Crippen LogP contribution in [0.4, 0.5) is 13.2 Å². The molecule has 0 aliphatic carbocycles. The van der Waals surface area contributed by atoms with Gasteiger partial charge in [0, 0.05) is 35.9 Å². The number of fused-ring (bicyclic) bond motifs is 1. The van der Waals surface area contributed by atoms with Crippen molar-refractivity contribution >= 4 is 17.5 Å².